The molecular formula is C21H26N6O2. The first-order valence-electron chi connectivity index (χ1n) is 9.86. The number of rotatable bonds is 5. The molecule has 1 fully saturated rings. The smallest absolute Gasteiger partial charge is 0.319 e. The van der Waals surface area contributed by atoms with Crippen molar-refractivity contribution >= 4 is 28.6 Å². The second kappa shape index (κ2) is 8.48. The number of hydrogen-bond acceptors (Lipinski definition) is 5. The Morgan fingerprint density at radius 3 is 2.79 bits per heavy atom. The van der Waals surface area contributed by atoms with Crippen molar-refractivity contribution in [2.75, 3.05) is 43.1 Å². The zero-order chi connectivity index (χ0) is 20.2. The Labute approximate surface area is 169 Å². The standard InChI is InChI=1S/C21H26N6O2/c1-15-3-5-18-17(13-15)25-20(26(18)2)7-8-22-21(28)24-16-4-6-19(23-14-16)27-9-11-29-12-10-27/h3-6,13-14H,7-12H2,1-2H3,(H2,22,24,28). The minimum Gasteiger partial charge on any atom is -0.378 e. The van der Waals surface area contributed by atoms with Gasteiger partial charge in [0.15, 0.2) is 0 Å². The number of fused-ring (bicyclic) bond motifs is 1. The number of ether oxygens (including phenoxy) is 1. The number of urea groups is 1. The van der Waals surface area contributed by atoms with Crippen molar-refractivity contribution in [3.63, 3.8) is 0 Å². The van der Waals surface area contributed by atoms with Gasteiger partial charge in [0.05, 0.1) is 36.1 Å². The van der Waals surface area contributed by atoms with Gasteiger partial charge in [0.25, 0.3) is 0 Å². The summed E-state index contributed by atoms with van der Waals surface area (Å²) in [5, 5.41) is 5.71. The Morgan fingerprint density at radius 1 is 1.21 bits per heavy atom. The number of nitrogens with one attached hydrogen (secondary N) is 2. The van der Waals surface area contributed by atoms with E-state index < -0.39 is 0 Å². The number of amides is 2. The summed E-state index contributed by atoms with van der Waals surface area (Å²) in [5.74, 6) is 1.85. The minimum atomic E-state index is -0.250. The van der Waals surface area contributed by atoms with Crippen LogP contribution in [-0.2, 0) is 18.2 Å². The SMILES string of the molecule is Cc1ccc2c(c1)nc(CCNC(=O)Nc1ccc(N3CCOCC3)nc1)n2C. The van der Waals surface area contributed by atoms with E-state index in [-0.39, 0.29) is 6.03 Å². The predicted molar refractivity (Wildman–Crippen MR) is 113 cm³/mol. The van der Waals surface area contributed by atoms with Crippen LogP contribution in [0.2, 0.25) is 0 Å². The molecule has 3 heterocycles. The first-order valence-corrected chi connectivity index (χ1v) is 9.86. The van der Waals surface area contributed by atoms with Gasteiger partial charge in [-0.3, -0.25) is 0 Å². The highest BCUT2D eigenvalue weighted by Crippen LogP contribution is 2.17. The van der Waals surface area contributed by atoms with Crippen LogP contribution in [0.15, 0.2) is 36.5 Å². The van der Waals surface area contributed by atoms with Crippen molar-refractivity contribution in [3.8, 4) is 0 Å². The third-order valence-electron chi connectivity index (χ3n) is 5.10. The van der Waals surface area contributed by atoms with Crippen LogP contribution in [0, 0.1) is 6.92 Å². The van der Waals surface area contributed by atoms with Crippen molar-refractivity contribution in [1.29, 1.82) is 0 Å². The van der Waals surface area contributed by atoms with E-state index in [0.717, 1.165) is 49.0 Å². The summed E-state index contributed by atoms with van der Waals surface area (Å²) in [6.07, 6.45) is 2.34. The second-order valence-corrected chi connectivity index (χ2v) is 7.21. The predicted octanol–water partition coefficient (Wildman–Crippen LogP) is 2.48. The number of benzene rings is 1. The number of carbonyl (C=O) groups is 1. The van der Waals surface area contributed by atoms with Gasteiger partial charge in [0.2, 0.25) is 0 Å². The maximum absolute atomic E-state index is 12.2. The second-order valence-electron chi connectivity index (χ2n) is 7.21. The molecule has 0 bridgehead atoms. The van der Waals surface area contributed by atoms with E-state index in [1.807, 2.05) is 19.2 Å². The first-order chi connectivity index (χ1) is 14.1. The lowest BCUT2D eigenvalue weighted by molar-refractivity contribution is 0.122. The Hall–Kier alpha value is -3.13. The van der Waals surface area contributed by atoms with Crippen LogP contribution in [0.25, 0.3) is 11.0 Å². The Bertz CT molecular complexity index is 992. The average Bonchev–Trinajstić information content (AvgIpc) is 3.04. The molecule has 1 aliphatic rings. The highest BCUT2D eigenvalue weighted by atomic mass is 16.5. The van der Waals surface area contributed by atoms with Gasteiger partial charge in [-0.2, -0.15) is 0 Å². The van der Waals surface area contributed by atoms with Crippen LogP contribution in [0.1, 0.15) is 11.4 Å². The lowest BCUT2D eigenvalue weighted by atomic mass is 10.2. The maximum atomic E-state index is 12.2. The number of nitrogens with zero attached hydrogens (tertiary/aromatic N) is 4. The highest BCUT2D eigenvalue weighted by Gasteiger charge is 2.12. The van der Waals surface area contributed by atoms with Crippen LogP contribution in [0.3, 0.4) is 0 Å². The molecule has 1 aliphatic heterocycles. The van der Waals surface area contributed by atoms with Gasteiger partial charge in [0, 0.05) is 33.1 Å². The molecule has 2 amide bonds. The molecule has 0 saturated carbocycles. The molecule has 0 radical (unpaired) electrons. The molecule has 0 aliphatic carbocycles. The van der Waals surface area contributed by atoms with Crippen LogP contribution >= 0.6 is 0 Å². The molecule has 0 atom stereocenters. The van der Waals surface area contributed by atoms with Crippen molar-refractivity contribution < 1.29 is 9.53 Å². The number of anilines is 2. The molecule has 0 unspecified atom stereocenters. The number of aryl methyl sites for hydroxylation is 2. The molecule has 4 rings (SSSR count). The van der Waals surface area contributed by atoms with E-state index in [1.54, 1.807) is 6.20 Å². The summed E-state index contributed by atoms with van der Waals surface area (Å²) in [7, 11) is 2.00. The van der Waals surface area contributed by atoms with Crippen LogP contribution < -0.4 is 15.5 Å². The van der Waals surface area contributed by atoms with E-state index in [9.17, 15) is 4.79 Å². The zero-order valence-electron chi connectivity index (χ0n) is 16.8. The lowest BCUT2D eigenvalue weighted by Crippen LogP contribution is -2.36. The first kappa shape index (κ1) is 19.2. The zero-order valence-corrected chi connectivity index (χ0v) is 16.8. The Kier molecular flexibility index (Phi) is 5.62. The van der Waals surface area contributed by atoms with Crippen molar-refractivity contribution in [3.05, 3.63) is 47.9 Å². The highest BCUT2D eigenvalue weighted by molar-refractivity contribution is 5.89. The molecule has 2 N–H and O–H groups in total. The molecule has 8 nitrogen and oxygen atoms in total. The van der Waals surface area contributed by atoms with Crippen LogP contribution in [0.5, 0.6) is 0 Å². The van der Waals surface area contributed by atoms with Crippen molar-refractivity contribution in [1.82, 2.24) is 19.9 Å². The summed E-state index contributed by atoms with van der Waals surface area (Å²) >= 11 is 0. The summed E-state index contributed by atoms with van der Waals surface area (Å²) in [4.78, 5) is 23.5. The molecule has 1 aromatic carbocycles. The largest absolute Gasteiger partial charge is 0.378 e. The van der Waals surface area contributed by atoms with Gasteiger partial charge >= 0.3 is 6.03 Å². The number of hydrogen-bond donors (Lipinski definition) is 2. The van der Waals surface area contributed by atoms with Gasteiger partial charge in [-0.05, 0) is 36.8 Å². The van der Waals surface area contributed by atoms with Gasteiger partial charge < -0.3 is 24.8 Å². The van der Waals surface area contributed by atoms with E-state index in [0.29, 0.717) is 18.7 Å². The topological polar surface area (TPSA) is 84.3 Å². The molecule has 152 valence electrons. The van der Waals surface area contributed by atoms with E-state index in [4.69, 9.17) is 4.74 Å². The number of pyridine rings is 1. The number of aromatic nitrogens is 3. The third-order valence-corrected chi connectivity index (χ3v) is 5.10. The van der Waals surface area contributed by atoms with E-state index in [2.05, 4.69) is 55.2 Å². The van der Waals surface area contributed by atoms with Gasteiger partial charge in [0.1, 0.15) is 11.6 Å². The molecule has 0 spiro atoms. The Morgan fingerprint density at radius 2 is 2.03 bits per heavy atom. The summed E-state index contributed by atoms with van der Waals surface area (Å²) in [5.41, 5.74) is 3.94. The number of morpholine rings is 1. The van der Waals surface area contributed by atoms with Gasteiger partial charge in [-0.25, -0.2) is 14.8 Å². The summed E-state index contributed by atoms with van der Waals surface area (Å²) in [6, 6.07) is 9.77. The maximum Gasteiger partial charge on any atom is 0.319 e. The molecule has 3 aromatic rings. The normalized spacial score (nSPS) is 14.2. The summed E-state index contributed by atoms with van der Waals surface area (Å²) < 4.78 is 7.43. The van der Waals surface area contributed by atoms with Crippen molar-refractivity contribution in [2.24, 2.45) is 7.05 Å². The van der Waals surface area contributed by atoms with Crippen LogP contribution in [0.4, 0.5) is 16.3 Å². The van der Waals surface area contributed by atoms with Crippen LogP contribution in [-0.4, -0.2) is 53.4 Å². The van der Waals surface area contributed by atoms with E-state index in [1.165, 1.54) is 5.56 Å². The van der Waals surface area contributed by atoms with E-state index >= 15 is 0 Å². The minimum absolute atomic E-state index is 0.250. The third kappa shape index (κ3) is 4.48. The number of imidazole rings is 1. The van der Waals surface area contributed by atoms with Gasteiger partial charge in [-0.1, -0.05) is 6.07 Å². The molecule has 1 saturated heterocycles. The lowest BCUT2D eigenvalue weighted by Gasteiger charge is -2.27. The molecular weight excluding hydrogens is 368 g/mol. The molecule has 2 aromatic heterocycles. The molecule has 8 heteroatoms. The molecule has 29 heavy (non-hydrogen) atoms. The Balaban J connectivity index is 1.28. The monoisotopic (exact) mass is 394 g/mol. The quantitative estimate of drug-likeness (QED) is 0.695. The van der Waals surface area contributed by atoms with Gasteiger partial charge in [-0.15, -0.1) is 0 Å². The fourth-order valence-electron chi connectivity index (χ4n) is 3.49. The average molecular weight is 394 g/mol. The van der Waals surface area contributed by atoms with Crippen molar-refractivity contribution in [2.45, 2.75) is 13.3 Å². The summed E-state index contributed by atoms with van der Waals surface area (Å²) in [6.45, 7) is 5.66. The fourth-order valence-corrected chi connectivity index (χ4v) is 3.49. The fraction of sp³-hybridized carbons (Fsp3) is 0.381. The number of carbonyl (C=O) groups excluding carboxylic acids is 1.